The van der Waals surface area contributed by atoms with Crippen LogP contribution >= 0.6 is 0 Å². The lowest BCUT2D eigenvalue weighted by Gasteiger charge is -2.29. The van der Waals surface area contributed by atoms with E-state index in [1.54, 1.807) is 0 Å². The Kier molecular flexibility index (Phi) is 4.63. The predicted octanol–water partition coefficient (Wildman–Crippen LogP) is 4.83. The van der Waals surface area contributed by atoms with Crippen molar-refractivity contribution < 1.29 is 0 Å². The van der Waals surface area contributed by atoms with Crippen molar-refractivity contribution in [1.29, 1.82) is 0 Å². The fourth-order valence-corrected chi connectivity index (χ4v) is 2.86. The van der Waals surface area contributed by atoms with Gasteiger partial charge in [0.1, 0.15) is 0 Å². The van der Waals surface area contributed by atoms with E-state index in [9.17, 15) is 0 Å². The van der Waals surface area contributed by atoms with E-state index in [1.165, 1.54) is 24.8 Å². The first-order valence-corrected chi connectivity index (χ1v) is 6.42. The summed E-state index contributed by atoms with van der Waals surface area (Å²) in [6.07, 6.45) is 8.35. The molecule has 0 nitrogen and oxygen atoms in total. The highest BCUT2D eigenvalue weighted by Crippen LogP contribution is 2.37. The second kappa shape index (κ2) is 5.53. The van der Waals surface area contributed by atoms with Crippen LogP contribution in [0.25, 0.3) is 0 Å². The molecule has 1 rings (SSSR count). The largest absolute Gasteiger partial charge is 0.0988 e. The van der Waals surface area contributed by atoms with Gasteiger partial charge in [0.15, 0.2) is 0 Å². The van der Waals surface area contributed by atoms with E-state index in [2.05, 4.69) is 46.4 Å². The molecule has 0 fully saturated rings. The van der Waals surface area contributed by atoms with Crippen LogP contribution in [0.2, 0.25) is 0 Å². The van der Waals surface area contributed by atoms with Crippen molar-refractivity contribution in [3.63, 3.8) is 0 Å². The minimum absolute atomic E-state index is 0.700. The van der Waals surface area contributed by atoms with Crippen molar-refractivity contribution in [2.75, 3.05) is 0 Å². The first-order valence-electron chi connectivity index (χ1n) is 6.42. The smallest absolute Gasteiger partial charge is 0.0191 e. The molecule has 1 aliphatic carbocycles. The zero-order chi connectivity index (χ0) is 11.4. The van der Waals surface area contributed by atoms with Gasteiger partial charge in [-0.25, -0.2) is 0 Å². The summed E-state index contributed by atoms with van der Waals surface area (Å²) in [7, 11) is 0. The molecule has 0 N–H and O–H groups in total. The standard InChI is InChI=1S/C15H26/c1-6-11(3)15-10-13(5)14(7-2)9-8-12(15)4/h7,9,11-13,15H,2,6,8,10H2,1,3-5H3. The van der Waals surface area contributed by atoms with Gasteiger partial charge in [0.2, 0.25) is 0 Å². The number of rotatable bonds is 3. The maximum atomic E-state index is 3.92. The molecular weight excluding hydrogens is 180 g/mol. The zero-order valence-electron chi connectivity index (χ0n) is 10.8. The molecule has 0 heteroatoms. The first kappa shape index (κ1) is 12.5. The van der Waals surface area contributed by atoms with E-state index in [0.717, 1.165) is 17.8 Å². The maximum Gasteiger partial charge on any atom is -0.0191 e. The number of hydrogen-bond donors (Lipinski definition) is 0. The molecule has 4 atom stereocenters. The molecule has 0 aliphatic heterocycles. The van der Waals surface area contributed by atoms with Crippen molar-refractivity contribution in [3.8, 4) is 0 Å². The van der Waals surface area contributed by atoms with Crippen LogP contribution in [0.1, 0.15) is 47.0 Å². The molecule has 0 radical (unpaired) electrons. The average molecular weight is 206 g/mol. The van der Waals surface area contributed by atoms with E-state index in [1.807, 2.05) is 0 Å². The van der Waals surface area contributed by atoms with Gasteiger partial charge >= 0.3 is 0 Å². The SMILES string of the molecule is C=CC1=CCC(C)C(C(C)CC)CC1C. The van der Waals surface area contributed by atoms with E-state index < -0.39 is 0 Å². The van der Waals surface area contributed by atoms with Crippen LogP contribution in [0.15, 0.2) is 24.3 Å². The van der Waals surface area contributed by atoms with Gasteiger partial charge in [0, 0.05) is 0 Å². The molecule has 4 unspecified atom stereocenters. The molecule has 15 heavy (non-hydrogen) atoms. The van der Waals surface area contributed by atoms with Gasteiger partial charge in [-0.3, -0.25) is 0 Å². The van der Waals surface area contributed by atoms with E-state index in [4.69, 9.17) is 0 Å². The van der Waals surface area contributed by atoms with Crippen molar-refractivity contribution in [3.05, 3.63) is 24.3 Å². The lowest BCUT2D eigenvalue weighted by molar-refractivity contribution is 0.222. The Hall–Kier alpha value is -0.520. The van der Waals surface area contributed by atoms with Crippen LogP contribution in [-0.2, 0) is 0 Å². The zero-order valence-corrected chi connectivity index (χ0v) is 10.8. The Balaban J connectivity index is 2.76. The summed E-state index contributed by atoms with van der Waals surface area (Å²) in [5.41, 5.74) is 1.47. The Morgan fingerprint density at radius 1 is 1.53 bits per heavy atom. The van der Waals surface area contributed by atoms with E-state index in [0.29, 0.717) is 5.92 Å². The summed E-state index contributed by atoms with van der Waals surface area (Å²) in [5.74, 6) is 3.28. The molecule has 0 aromatic carbocycles. The van der Waals surface area contributed by atoms with Crippen LogP contribution in [0.3, 0.4) is 0 Å². The van der Waals surface area contributed by atoms with Gasteiger partial charge in [-0.05, 0) is 42.1 Å². The Bertz CT molecular complexity index is 236. The summed E-state index contributed by atoms with van der Waals surface area (Å²) in [6.45, 7) is 13.4. The summed E-state index contributed by atoms with van der Waals surface area (Å²) in [6, 6.07) is 0. The van der Waals surface area contributed by atoms with Gasteiger partial charge in [0.25, 0.3) is 0 Å². The molecule has 0 spiro atoms. The summed E-state index contributed by atoms with van der Waals surface area (Å²) < 4.78 is 0. The predicted molar refractivity (Wildman–Crippen MR) is 68.8 cm³/mol. The lowest BCUT2D eigenvalue weighted by Crippen LogP contribution is -2.20. The number of allylic oxidation sites excluding steroid dienone is 3. The van der Waals surface area contributed by atoms with Gasteiger partial charge in [-0.1, -0.05) is 52.8 Å². The lowest BCUT2D eigenvalue weighted by atomic mass is 9.77. The molecule has 0 saturated carbocycles. The highest BCUT2D eigenvalue weighted by atomic mass is 14.3. The monoisotopic (exact) mass is 206 g/mol. The fraction of sp³-hybridized carbons (Fsp3) is 0.733. The Morgan fingerprint density at radius 2 is 2.20 bits per heavy atom. The summed E-state index contributed by atoms with van der Waals surface area (Å²) >= 11 is 0. The third kappa shape index (κ3) is 2.96. The number of hydrogen-bond acceptors (Lipinski definition) is 0. The van der Waals surface area contributed by atoms with E-state index >= 15 is 0 Å². The van der Waals surface area contributed by atoms with Gasteiger partial charge in [-0.15, -0.1) is 0 Å². The van der Waals surface area contributed by atoms with Crippen molar-refractivity contribution in [1.82, 2.24) is 0 Å². The highest BCUT2D eigenvalue weighted by Gasteiger charge is 2.27. The van der Waals surface area contributed by atoms with Crippen LogP contribution in [0, 0.1) is 23.7 Å². The molecule has 0 aromatic rings. The minimum atomic E-state index is 0.700. The molecule has 0 amide bonds. The molecule has 0 bridgehead atoms. The van der Waals surface area contributed by atoms with E-state index in [-0.39, 0.29) is 0 Å². The van der Waals surface area contributed by atoms with Gasteiger partial charge < -0.3 is 0 Å². The average Bonchev–Trinajstić information content (AvgIpc) is 2.38. The van der Waals surface area contributed by atoms with Crippen LogP contribution in [0.5, 0.6) is 0 Å². The van der Waals surface area contributed by atoms with Crippen LogP contribution < -0.4 is 0 Å². The second-order valence-corrected chi connectivity index (χ2v) is 5.31. The van der Waals surface area contributed by atoms with Crippen LogP contribution in [-0.4, -0.2) is 0 Å². The van der Waals surface area contributed by atoms with Crippen molar-refractivity contribution >= 4 is 0 Å². The fourth-order valence-electron chi connectivity index (χ4n) is 2.86. The topological polar surface area (TPSA) is 0 Å². The molecule has 0 aromatic heterocycles. The molecule has 0 saturated heterocycles. The van der Waals surface area contributed by atoms with Crippen LogP contribution in [0.4, 0.5) is 0 Å². The molecule has 86 valence electrons. The quantitative estimate of drug-likeness (QED) is 0.620. The summed E-state index contributed by atoms with van der Waals surface area (Å²) in [4.78, 5) is 0. The van der Waals surface area contributed by atoms with Gasteiger partial charge in [0.05, 0.1) is 0 Å². The Morgan fingerprint density at radius 3 is 2.73 bits per heavy atom. The molecule has 1 aliphatic rings. The van der Waals surface area contributed by atoms with Gasteiger partial charge in [-0.2, -0.15) is 0 Å². The normalized spacial score (nSPS) is 34.1. The second-order valence-electron chi connectivity index (χ2n) is 5.31. The third-order valence-electron chi connectivity index (χ3n) is 4.26. The Labute approximate surface area is 95.5 Å². The van der Waals surface area contributed by atoms with Crippen molar-refractivity contribution in [2.45, 2.75) is 47.0 Å². The molecular formula is C15H26. The maximum absolute atomic E-state index is 3.92. The first-order chi connectivity index (χ1) is 7.10. The summed E-state index contributed by atoms with van der Waals surface area (Å²) in [5, 5.41) is 0. The highest BCUT2D eigenvalue weighted by molar-refractivity contribution is 5.20. The molecule has 0 heterocycles. The minimum Gasteiger partial charge on any atom is -0.0988 e. The van der Waals surface area contributed by atoms with Crippen molar-refractivity contribution in [2.24, 2.45) is 23.7 Å². The third-order valence-corrected chi connectivity index (χ3v) is 4.26.